The van der Waals surface area contributed by atoms with Crippen LogP contribution in [0.25, 0.3) is 0 Å². The zero-order valence-electron chi connectivity index (χ0n) is 9.78. The molecule has 0 radical (unpaired) electrons. The smallest absolute Gasteiger partial charge is 0.308 e. The third-order valence-electron chi connectivity index (χ3n) is 3.64. The van der Waals surface area contributed by atoms with Crippen molar-refractivity contribution >= 4 is 23.2 Å². The molecular formula is C12H14N2O3S. The molecule has 0 spiro atoms. The summed E-state index contributed by atoms with van der Waals surface area (Å²) in [7, 11) is 0. The van der Waals surface area contributed by atoms with E-state index < -0.39 is 11.9 Å². The lowest BCUT2D eigenvalue weighted by Gasteiger charge is -2.39. The second kappa shape index (κ2) is 4.35. The molecule has 2 fully saturated rings. The number of amides is 1. The van der Waals surface area contributed by atoms with Crippen LogP contribution in [0.2, 0.25) is 0 Å². The molecule has 2 aliphatic rings. The van der Waals surface area contributed by atoms with Gasteiger partial charge in [0.25, 0.3) is 0 Å². The highest BCUT2D eigenvalue weighted by Gasteiger charge is 2.47. The summed E-state index contributed by atoms with van der Waals surface area (Å²) in [5, 5.41) is 9.36. The fourth-order valence-corrected chi connectivity index (χ4v) is 3.45. The average molecular weight is 266 g/mol. The van der Waals surface area contributed by atoms with Crippen molar-refractivity contribution in [1.29, 1.82) is 0 Å². The van der Waals surface area contributed by atoms with Crippen LogP contribution in [0, 0.1) is 5.92 Å². The largest absolute Gasteiger partial charge is 0.481 e. The van der Waals surface area contributed by atoms with Gasteiger partial charge < -0.3 is 10.0 Å². The van der Waals surface area contributed by atoms with Crippen molar-refractivity contribution in [2.24, 2.45) is 5.92 Å². The number of likely N-dealkylation sites (tertiary alicyclic amines) is 1. The van der Waals surface area contributed by atoms with Gasteiger partial charge in [-0.2, -0.15) is 0 Å². The lowest BCUT2D eigenvalue weighted by atomic mass is 9.87. The van der Waals surface area contributed by atoms with Gasteiger partial charge in [0.2, 0.25) is 5.91 Å². The van der Waals surface area contributed by atoms with E-state index in [1.165, 1.54) is 11.3 Å². The monoisotopic (exact) mass is 266 g/mol. The molecule has 2 unspecified atom stereocenters. The number of aromatic nitrogens is 1. The van der Waals surface area contributed by atoms with Crippen LogP contribution in [-0.2, 0) is 9.59 Å². The summed E-state index contributed by atoms with van der Waals surface area (Å²) in [4.78, 5) is 30.2. The molecule has 1 aliphatic heterocycles. The van der Waals surface area contributed by atoms with Gasteiger partial charge in [-0.05, 0) is 19.3 Å². The summed E-state index contributed by atoms with van der Waals surface area (Å²) in [6.07, 6.45) is 4.46. The maximum atomic E-state index is 12.1. The fourth-order valence-electron chi connectivity index (χ4n) is 2.66. The molecule has 1 saturated carbocycles. The molecule has 6 heteroatoms. The maximum Gasteiger partial charge on any atom is 0.308 e. The number of hydrogen-bond acceptors (Lipinski definition) is 4. The average Bonchev–Trinajstić information content (AvgIpc) is 3.03. The highest BCUT2D eigenvalue weighted by atomic mass is 32.1. The van der Waals surface area contributed by atoms with E-state index in [2.05, 4.69) is 4.98 Å². The van der Waals surface area contributed by atoms with Crippen LogP contribution in [0.15, 0.2) is 11.7 Å². The second-order valence-corrected chi connectivity index (χ2v) is 5.78. The summed E-state index contributed by atoms with van der Waals surface area (Å²) in [6.45, 7) is 0. The van der Waals surface area contributed by atoms with Gasteiger partial charge >= 0.3 is 5.97 Å². The van der Waals surface area contributed by atoms with Crippen molar-refractivity contribution in [2.45, 2.75) is 37.8 Å². The van der Waals surface area contributed by atoms with E-state index in [1.54, 1.807) is 16.6 Å². The van der Waals surface area contributed by atoms with Crippen LogP contribution in [0.4, 0.5) is 0 Å². The standard InChI is InChI=1S/C12H14N2O3S/c15-10-4-3-8(12(16)17)11(9-5-13-6-18-9)14(10)7-1-2-7/h5-8,11H,1-4H2,(H,16,17). The first-order valence-electron chi connectivity index (χ1n) is 6.11. The molecule has 1 N–H and O–H groups in total. The summed E-state index contributed by atoms with van der Waals surface area (Å²) in [5.41, 5.74) is 1.69. The first kappa shape index (κ1) is 11.6. The lowest BCUT2D eigenvalue weighted by Crippen LogP contribution is -2.46. The highest BCUT2D eigenvalue weighted by Crippen LogP contribution is 2.44. The highest BCUT2D eigenvalue weighted by molar-refractivity contribution is 7.09. The van der Waals surface area contributed by atoms with Crippen LogP contribution < -0.4 is 0 Å². The van der Waals surface area contributed by atoms with Crippen LogP contribution in [0.5, 0.6) is 0 Å². The van der Waals surface area contributed by atoms with Crippen LogP contribution in [0.1, 0.15) is 36.6 Å². The van der Waals surface area contributed by atoms with Crippen molar-refractivity contribution in [1.82, 2.24) is 9.88 Å². The van der Waals surface area contributed by atoms with E-state index in [4.69, 9.17) is 0 Å². The number of thiazole rings is 1. The third kappa shape index (κ3) is 1.90. The topological polar surface area (TPSA) is 70.5 Å². The molecule has 3 rings (SSSR count). The second-order valence-electron chi connectivity index (χ2n) is 4.86. The summed E-state index contributed by atoms with van der Waals surface area (Å²) in [6, 6.07) is -0.0736. The van der Waals surface area contributed by atoms with Gasteiger partial charge in [-0.25, -0.2) is 0 Å². The minimum atomic E-state index is -0.813. The molecule has 96 valence electrons. The zero-order chi connectivity index (χ0) is 12.7. The Morgan fingerprint density at radius 3 is 2.78 bits per heavy atom. The predicted octanol–water partition coefficient (Wildman–Crippen LogP) is 1.67. The Morgan fingerprint density at radius 1 is 1.44 bits per heavy atom. The van der Waals surface area contributed by atoms with Crippen molar-refractivity contribution in [3.63, 3.8) is 0 Å². The Kier molecular flexibility index (Phi) is 2.81. The Labute approximate surface area is 108 Å². The molecule has 1 saturated heterocycles. The van der Waals surface area contributed by atoms with Gasteiger partial charge in [-0.1, -0.05) is 0 Å². The molecule has 1 aromatic heterocycles. The quantitative estimate of drug-likeness (QED) is 0.903. The maximum absolute atomic E-state index is 12.1. The molecule has 5 nitrogen and oxygen atoms in total. The third-order valence-corrected chi connectivity index (χ3v) is 4.48. The Bertz CT molecular complexity index is 470. The van der Waals surface area contributed by atoms with Crippen molar-refractivity contribution in [3.05, 3.63) is 16.6 Å². The molecule has 2 heterocycles. The normalized spacial score (nSPS) is 28.4. The first-order valence-corrected chi connectivity index (χ1v) is 6.99. The summed E-state index contributed by atoms with van der Waals surface area (Å²) >= 11 is 1.43. The van der Waals surface area contributed by atoms with Crippen molar-refractivity contribution in [2.75, 3.05) is 0 Å². The number of hydrogen-bond donors (Lipinski definition) is 1. The number of nitrogens with zero attached hydrogens (tertiary/aromatic N) is 2. The van der Waals surface area contributed by atoms with Gasteiger partial charge in [0.1, 0.15) is 0 Å². The number of rotatable bonds is 3. The summed E-state index contributed by atoms with van der Waals surface area (Å²) < 4.78 is 0. The number of carboxylic acids is 1. The van der Waals surface area contributed by atoms with Crippen LogP contribution in [0.3, 0.4) is 0 Å². The fraction of sp³-hybridized carbons (Fsp3) is 0.583. The molecule has 2 atom stereocenters. The Hall–Kier alpha value is -1.43. The minimum Gasteiger partial charge on any atom is -0.481 e. The predicted molar refractivity (Wildman–Crippen MR) is 65.1 cm³/mol. The van der Waals surface area contributed by atoms with E-state index in [-0.39, 0.29) is 18.0 Å². The van der Waals surface area contributed by atoms with Crippen LogP contribution in [-0.4, -0.2) is 32.9 Å². The molecule has 1 amide bonds. The molecule has 18 heavy (non-hydrogen) atoms. The van der Waals surface area contributed by atoms with Gasteiger partial charge in [0.15, 0.2) is 0 Å². The molecule has 1 aliphatic carbocycles. The van der Waals surface area contributed by atoms with E-state index in [0.29, 0.717) is 12.8 Å². The molecular weight excluding hydrogens is 252 g/mol. The Morgan fingerprint density at radius 2 is 2.22 bits per heavy atom. The van der Waals surface area contributed by atoms with Crippen molar-refractivity contribution < 1.29 is 14.7 Å². The van der Waals surface area contributed by atoms with E-state index in [1.807, 2.05) is 0 Å². The minimum absolute atomic E-state index is 0.0911. The zero-order valence-corrected chi connectivity index (χ0v) is 10.6. The number of aliphatic carboxylic acids is 1. The SMILES string of the molecule is O=C(O)C1CCC(=O)N(C2CC2)C1c1cncs1. The molecule has 0 bridgehead atoms. The number of carbonyl (C=O) groups excluding carboxylic acids is 1. The number of carbonyl (C=O) groups is 2. The van der Waals surface area contributed by atoms with E-state index >= 15 is 0 Å². The van der Waals surface area contributed by atoms with E-state index in [0.717, 1.165) is 17.7 Å². The van der Waals surface area contributed by atoms with E-state index in [9.17, 15) is 14.7 Å². The van der Waals surface area contributed by atoms with Gasteiger partial charge in [-0.3, -0.25) is 14.6 Å². The lowest BCUT2D eigenvalue weighted by molar-refractivity contribution is -0.152. The first-order chi connectivity index (χ1) is 8.68. The van der Waals surface area contributed by atoms with Crippen molar-refractivity contribution in [3.8, 4) is 0 Å². The Balaban J connectivity index is 1.98. The molecule has 1 aromatic rings. The van der Waals surface area contributed by atoms with Gasteiger partial charge in [0, 0.05) is 23.5 Å². The number of piperidine rings is 1. The van der Waals surface area contributed by atoms with Gasteiger partial charge in [0.05, 0.1) is 17.5 Å². The van der Waals surface area contributed by atoms with Crippen LogP contribution >= 0.6 is 11.3 Å². The summed E-state index contributed by atoms with van der Waals surface area (Å²) in [5.74, 6) is -1.22. The molecule has 0 aromatic carbocycles. The van der Waals surface area contributed by atoms with Gasteiger partial charge in [-0.15, -0.1) is 11.3 Å². The number of carboxylic acid groups (broad SMARTS) is 1.